The van der Waals surface area contributed by atoms with Crippen molar-refractivity contribution < 1.29 is 13.3 Å². The van der Waals surface area contributed by atoms with Crippen molar-refractivity contribution in [2.75, 3.05) is 21.3 Å². The van der Waals surface area contributed by atoms with Crippen LogP contribution in [-0.4, -0.2) is 30.9 Å². The molecule has 0 heterocycles. The lowest BCUT2D eigenvalue weighted by Crippen LogP contribution is -2.21. The molecular formula is C11H24O3Si. The minimum atomic E-state index is -1.67. The highest BCUT2D eigenvalue weighted by atomic mass is 28.3. The summed E-state index contributed by atoms with van der Waals surface area (Å²) in [6.07, 6.45) is 10.2. The Labute approximate surface area is 95.4 Å². The van der Waals surface area contributed by atoms with E-state index in [1.807, 2.05) is 0 Å². The molecule has 0 aromatic carbocycles. The van der Waals surface area contributed by atoms with E-state index in [4.69, 9.17) is 13.3 Å². The lowest BCUT2D eigenvalue weighted by atomic mass is 10.1. The Bertz CT molecular complexity index is 152. The molecule has 1 aliphatic carbocycles. The van der Waals surface area contributed by atoms with Gasteiger partial charge in [-0.25, -0.2) is 0 Å². The molecule has 0 spiro atoms. The Morgan fingerprint density at radius 2 is 1.67 bits per heavy atom. The van der Waals surface area contributed by atoms with Crippen LogP contribution in [0.25, 0.3) is 0 Å². The van der Waals surface area contributed by atoms with Crippen LogP contribution in [0.1, 0.15) is 32.6 Å². The van der Waals surface area contributed by atoms with Crippen LogP contribution in [0.5, 0.6) is 0 Å². The third-order valence-corrected chi connectivity index (χ3v) is 3.48. The molecule has 0 aliphatic heterocycles. The zero-order valence-corrected chi connectivity index (χ0v) is 11.5. The number of hydrogen-bond acceptors (Lipinski definition) is 3. The highest BCUT2D eigenvalue weighted by Crippen LogP contribution is 2.15. The zero-order chi connectivity index (χ0) is 11.5. The van der Waals surface area contributed by atoms with Crippen LogP contribution in [-0.2, 0) is 13.3 Å². The van der Waals surface area contributed by atoms with Crippen LogP contribution in [0.2, 0.25) is 0 Å². The maximum absolute atomic E-state index is 4.74. The first-order valence-electron chi connectivity index (χ1n) is 5.49. The fourth-order valence-corrected chi connectivity index (χ4v) is 2.02. The molecule has 1 unspecified atom stereocenters. The largest absolute Gasteiger partial charge is 0.483 e. The van der Waals surface area contributed by atoms with E-state index in [0.29, 0.717) is 0 Å². The fraction of sp³-hybridized carbons (Fsp3) is 0.818. The average Bonchev–Trinajstić information content (AvgIpc) is 2.49. The highest BCUT2D eigenvalue weighted by Gasteiger charge is 2.04. The second-order valence-electron chi connectivity index (χ2n) is 3.69. The number of hydrogen-bond donors (Lipinski definition) is 0. The standard InChI is InChI=1S/C8H14.C3H10O3Si/c1-8-6-4-2-3-5-7-8;1-4-7(5-2)6-3/h4,6,8H,2-3,5,7H2,1H3;7H,1-3H3. The minimum absolute atomic E-state index is 0.845. The monoisotopic (exact) mass is 232 g/mol. The molecule has 0 radical (unpaired) electrons. The molecule has 4 heteroatoms. The SMILES string of the molecule is CC1C=CCCCC1.CO[SiH](OC)OC. The molecule has 1 atom stereocenters. The summed E-state index contributed by atoms with van der Waals surface area (Å²) in [6.45, 7) is 2.29. The van der Waals surface area contributed by atoms with Crippen LogP contribution >= 0.6 is 0 Å². The lowest BCUT2D eigenvalue weighted by Gasteiger charge is -2.05. The van der Waals surface area contributed by atoms with E-state index in [9.17, 15) is 0 Å². The second kappa shape index (κ2) is 10.4. The first kappa shape index (κ1) is 14.8. The Kier molecular flexibility index (Phi) is 10.2. The summed E-state index contributed by atoms with van der Waals surface area (Å²) in [5, 5.41) is 0. The summed E-state index contributed by atoms with van der Waals surface area (Å²) in [7, 11) is 3.05. The van der Waals surface area contributed by atoms with Crippen molar-refractivity contribution in [3.05, 3.63) is 12.2 Å². The maximum Gasteiger partial charge on any atom is 0.483 e. The van der Waals surface area contributed by atoms with E-state index < -0.39 is 9.53 Å². The topological polar surface area (TPSA) is 27.7 Å². The Morgan fingerprint density at radius 1 is 1.07 bits per heavy atom. The molecule has 1 rings (SSSR count). The Hall–Kier alpha value is -0.163. The molecule has 0 amide bonds. The molecule has 0 aromatic rings. The molecule has 1 aliphatic rings. The summed E-state index contributed by atoms with van der Waals surface area (Å²) < 4.78 is 14.2. The fourth-order valence-electron chi connectivity index (χ4n) is 1.44. The van der Waals surface area contributed by atoms with Gasteiger partial charge >= 0.3 is 9.53 Å². The predicted octanol–water partition coefficient (Wildman–Crippen LogP) is 2.40. The van der Waals surface area contributed by atoms with Crippen molar-refractivity contribution in [3.63, 3.8) is 0 Å². The minimum Gasteiger partial charge on any atom is -0.379 e. The summed E-state index contributed by atoms with van der Waals surface area (Å²) in [4.78, 5) is 0. The summed E-state index contributed by atoms with van der Waals surface area (Å²) in [5.41, 5.74) is 0. The van der Waals surface area contributed by atoms with Crippen molar-refractivity contribution in [1.29, 1.82) is 0 Å². The Morgan fingerprint density at radius 3 is 2.13 bits per heavy atom. The number of allylic oxidation sites excluding steroid dienone is 2. The summed E-state index contributed by atoms with van der Waals surface area (Å²) in [6, 6.07) is 0. The van der Waals surface area contributed by atoms with Gasteiger partial charge in [-0.05, 0) is 25.2 Å². The second-order valence-corrected chi connectivity index (χ2v) is 5.68. The molecule has 0 bridgehead atoms. The third-order valence-electron chi connectivity index (χ3n) is 2.32. The van der Waals surface area contributed by atoms with Crippen LogP contribution < -0.4 is 0 Å². The van der Waals surface area contributed by atoms with Crippen LogP contribution in [0.4, 0.5) is 0 Å². The van der Waals surface area contributed by atoms with Crippen LogP contribution in [0.3, 0.4) is 0 Å². The molecule has 0 saturated heterocycles. The van der Waals surface area contributed by atoms with Gasteiger partial charge in [-0.2, -0.15) is 0 Å². The van der Waals surface area contributed by atoms with Crippen molar-refractivity contribution in [2.24, 2.45) is 5.92 Å². The molecule has 0 N–H and O–H groups in total. The maximum atomic E-state index is 4.74. The summed E-state index contributed by atoms with van der Waals surface area (Å²) in [5.74, 6) is 0.845. The van der Waals surface area contributed by atoms with Gasteiger partial charge in [0, 0.05) is 21.3 Å². The van der Waals surface area contributed by atoms with Crippen LogP contribution in [0.15, 0.2) is 12.2 Å². The summed E-state index contributed by atoms with van der Waals surface area (Å²) >= 11 is 0. The Balaban J connectivity index is 0.000000265. The predicted molar refractivity (Wildman–Crippen MR) is 64.9 cm³/mol. The zero-order valence-electron chi connectivity index (χ0n) is 10.4. The first-order chi connectivity index (χ1) is 7.24. The van der Waals surface area contributed by atoms with E-state index in [1.165, 1.54) is 25.7 Å². The highest BCUT2D eigenvalue weighted by molar-refractivity contribution is 6.36. The van der Waals surface area contributed by atoms with Crippen molar-refractivity contribution in [2.45, 2.75) is 32.6 Å². The van der Waals surface area contributed by atoms with E-state index in [1.54, 1.807) is 21.3 Å². The van der Waals surface area contributed by atoms with E-state index in [2.05, 4.69) is 19.1 Å². The van der Waals surface area contributed by atoms with Crippen molar-refractivity contribution in [3.8, 4) is 0 Å². The van der Waals surface area contributed by atoms with Gasteiger partial charge < -0.3 is 13.3 Å². The normalized spacial score (nSPS) is 20.7. The van der Waals surface area contributed by atoms with Crippen molar-refractivity contribution >= 4 is 9.53 Å². The molecule has 90 valence electrons. The molecule has 3 nitrogen and oxygen atoms in total. The lowest BCUT2D eigenvalue weighted by molar-refractivity contribution is 0.163. The average molecular weight is 232 g/mol. The van der Waals surface area contributed by atoms with E-state index in [0.717, 1.165) is 5.92 Å². The first-order valence-corrected chi connectivity index (χ1v) is 6.91. The van der Waals surface area contributed by atoms with Crippen LogP contribution in [0, 0.1) is 5.92 Å². The van der Waals surface area contributed by atoms with Gasteiger partial charge in [-0.1, -0.05) is 25.5 Å². The van der Waals surface area contributed by atoms with Gasteiger partial charge in [0.15, 0.2) is 0 Å². The van der Waals surface area contributed by atoms with Gasteiger partial charge in [-0.3, -0.25) is 0 Å². The van der Waals surface area contributed by atoms with Gasteiger partial charge in [0.25, 0.3) is 0 Å². The van der Waals surface area contributed by atoms with Gasteiger partial charge in [0.1, 0.15) is 0 Å². The molecular weight excluding hydrogens is 208 g/mol. The van der Waals surface area contributed by atoms with Gasteiger partial charge in [0.05, 0.1) is 0 Å². The van der Waals surface area contributed by atoms with Gasteiger partial charge in [-0.15, -0.1) is 0 Å². The third kappa shape index (κ3) is 8.81. The number of rotatable bonds is 3. The van der Waals surface area contributed by atoms with E-state index in [-0.39, 0.29) is 0 Å². The molecule has 0 fully saturated rings. The quantitative estimate of drug-likeness (QED) is 0.552. The smallest absolute Gasteiger partial charge is 0.379 e. The molecule has 0 saturated carbocycles. The van der Waals surface area contributed by atoms with E-state index >= 15 is 0 Å². The van der Waals surface area contributed by atoms with Gasteiger partial charge in [0.2, 0.25) is 0 Å². The molecule has 15 heavy (non-hydrogen) atoms. The van der Waals surface area contributed by atoms with Crippen molar-refractivity contribution in [1.82, 2.24) is 0 Å². The molecule has 0 aromatic heterocycles.